The fraction of sp³-hybridized carbons (Fsp3) is 0.583. The highest BCUT2D eigenvalue weighted by Crippen LogP contribution is 2.26. The zero-order chi connectivity index (χ0) is 12.0. The van der Waals surface area contributed by atoms with Crippen molar-refractivity contribution < 1.29 is 4.79 Å². The lowest BCUT2D eigenvalue weighted by molar-refractivity contribution is 0.0957. The second-order valence-corrected chi connectivity index (χ2v) is 4.98. The molecule has 3 nitrogen and oxygen atoms in total. The monoisotopic (exact) mass is 240 g/mol. The number of nitrogen functional groups attached to an aromatic ring is 1. The lowest BCUT2D eigenvalue weighted by Crippen LogP contribution is -2.22. The summed E-state index contributed by atoms with van der Waals surface area (Å²) in [6.45, 7) is 4.73. The zero-order valence-electron chi connectivity index (χ0n) is 10.0. The minimum absolute atomic E-state index is 0.0574. The molecule has 0 atom stereocenters. The average Bonchev–Trinajstić information content (AvgIpc) is 2.61. The van der Waals surface area contributed by atoms with Crippen LogP contribution in [0.25, 0.3) is 0 Å². The predicted molar refractivity (Wildman–Crippen MR) is 70.0 cm³/mol. The van der Waals surface area contributed by atoms with Crippen LogP contribution in [0.3, 0.4) is 0 Å². The van der Waals surface area contributed by atoms with Crippen LogP contribution < -0.4 is 11.1 Å². The Bertz CT molecular complexity index is 347. The van der Waals surface area contributed by atoms with E-state index in [9.17, 15) is 4.79 Å². The smallest absolute Gasteiger partial charge is 0.254 e. The van der Waals surface area contributed by atoms with E-state index in [-0.39, 0.29) is 5.91 Å². The molecule has 0 aliphatic rings. The van der Waals surface area contributed by atoms with Crippen molar-refractivity contribution in [2.24, 2.45) is 0 Å². The summed E-state index contributed by atoms with van der Waals surface area (Å²) in [5.74, 6) is -0.0574. The topological polar surface area (TPSA) is 55.1 Å². The van der Waals surface area contributed by atoms with Gasteiger partial charge in [-0.1, -0.05) is 19.8 Å². The largest absolute Gasteiger partial charge is 0.390 e. The van der Waals surface area contributed by atoms with E-state index in [0.29, 0.717) is 17.1 Å². The van der Waals surface area contributed by atoms with Gasteiger partial charge in [-0.15, -0.1) is 11.3 Å². The van der Waals surface area contributed by atoms with Crippen LogP contribution in [-0.4, -0.2) is 12.5 Å². The number of hydrogen-bond acceptors (Lipinski definition) is 3. The van der Waals surface area contributed by atoms with Gasteiger partial charge in [0.2, 0.25) is 0 Å². The Kier molecular flexibility index (Phi) is 5.32. The van der Waals surface area contributed by atoms with Gasteiger partial charge in [-0.2, -0.15) is 0 Å². The molecule has 3 N–H and O–H groups in total. The highest BCUT2D eigenvalue weighted by atomic mass is 32.1. The van der Waals surface area contributed by atoms with Crippen LogP contribution in [-0.2, 0) is 6.42 Å². The van der Waals surface area contributed by atoms with Gasteiger partial charge in [0.15, 0.2) is 0 Å². The summed E-state index contributed by atoms with van der Waals surface area (Å²) in [5.41, 5.74) is 6.47. The normalized spacial score (nSPS) is 10.4. The highest BCUT2D eigenvalue weighted by Gasteiger charge is 2.12. The first-order valence-electron chi connectivity index (χ1n) is 5.85. The van der Waals surface area contributed by atoms with Gasteiger partial charge in [0.05, 0.1) is 10.6 Å². The molecular formula is C12H20N2OS. The number of nitrogens with one attached hydrogen (secondary N) is 1. The van der Waals surface area contributed by atoms with Gasteiger partial charge < -0.3 is 11.1 Å². The van der Waals surface area contributed by atoms with Crippen molar-refractivity contribution in [2.45, 2.75) is 39.5 Å². The van der Waals surface area contributed by atoms with Crippen LogP contribution in [0.2, 0.25) is 0 Å². The fourth-order valence-electron chi connectivity index (χ4n) is 1.56. The molecule has 16 heavy (non-hydrogen) atoms. The third kappa shape index (κ3) is 3.52. The molecule has 1 amide bonds. The molecular weight excluding hydrogens is 220 g/mol. The minimum Gasteiger partial charge on any atom is -0.390 e. The molecule has 0 saturated heterocycles. The quantitative estimate of drug-likeness (QED) is 0.751. The summed E-state index contributed by atoms with van der Waals surface area (Å²) in [7, 11) is 0. The van der Waals surface area contributed by atoms with Crippen LogP contribution in [0.1, 0.15) is 48.3 Å². The Morgan fingerprint density at radius 3 is 2.81 bits per heavy atom. The van der Waals surface area contributed by atoms with Gasteiger partial charge in [-0.05, 0) is 25.8 Å². The van der Waals surface area contributed by atoms with Gasteiger partial charge in [0, 0.05) is 11.4 Å². The molecule has 0 saturated carbocycles. The maximum absolute atomic E-state index is 11.6. The predicted octanol–water partition coefficient (Wildman–Crippen LogP) is 2.81. The SMILES string of the molecule is CCCCCc1cc(C(=O)NCC)c(N)s1. The molecule has 1 aromatic heterocycles. The number of anilines is 1. The number of hydrogen-bond donors (Lipinski definition) is 2. The van der Waals surface area contributed by atoms with Crippen LogP contribution in [0.15, 0.2) is 6.07 Å². The first-order chi connectivity index (χ1) is 7.69. The first-order valence-corrected chi connectivity index (χ1v) is 6.67. The second kappa shape index (κ2) is 6.53. The van der Waals surface area contributed by atoms with Crippen molar-refractivity contribution in [3.8, 4) is 0 Å². The van der Waals surface area contributed by atoms with Crippen molar-refractivity contribution in [3.63, 3.8) is 0 Å². The number of carbonyl (C=O) groups is 1. The third-order valence-corrected chi connectivity index (χ3v) is 3.44. The number of amides is 1. The first kappa shape index (κ1) is 13.0. The number of nitrogens with two attached hydrogens (primary N) is 1. The summed E-state index contributed by atoms with van der Waals surface area (Å²) in [5, 5.41) is 3.41. The van der Waals surface area contributed by atoms with Crippen LogP contribution in [0, 0.1) is 0 Å². The van der Waals surface area contributed by atoms with Crippen molar-refractivity contribution in [1.82, 2.24) is 5.32 Å². The molecule has 90 valence electrons. The number of rotatable bonds is 6. The Labute approximate surface area is 101 Å². The molecule has 0 aliphatic carbocycles. The maximum atomic E-state index is 11.6. The highest BCUT2D eigenvalue weighted by molar-refractivity contribution is 7.16. The molecule has 1 aromatic rings. The van der Waals surface area contributed by atoms with Crippen molar-refractivity contribution >= 4 is 22.2 Å². The average molecular weight is 240 g/mol. The summed E-state index contributed by atoms with van der Waals surface area (Å²) in [4.78, 5) is 12.8. The molecule has 0 radical (unpaired) electrons. The lowest BCUT2D eigenvalue weighted by atomic mass is 10.1. The van der Waals surface area contributed by atoms with Gasteiger partial charge in [-0.25, -0.2) is 0 Å². The maximum Gasteiger partial charge on any atom is 0.254 e. The van der Waals surface area contributed by atoms with E-state index in [4.69, 9.17) is 5.73 Å². The molecule has 1 heterocycles. The Morgan fingerprint density at radius 2 is 2.19 bits per heavy atom. The second-order valence-electron chi connectivity index (χ2n) is 3.81. The number of aryl methyl sites for hydroxylation is 1. The standard InChI is InChI=1S/C12H20N2OS/c1-3-5-6-7-9-8-10(11(13)16-9)12(15)14-4-2/h8H,3-7,13H2,1-2H3,(H,14,15). The molecule has 0 fully saturated rings. The molecule has 1 rings (SSSR count). The van der Waals surface area contributed by atoms with Gasteiger partial charge in [-0.3, -0.25) is 4.79 Å². The van der Waals surface area contributed by atoms with E-state index < -0.39 is 0 Å². The minimum atomic E-state index is -0.0574. The third-order valence-electron chi connectivity index (χ3n) is 2.42. The van der Waals surface area contributed by atoms with E-state index >= 15 is 0 Å². The van der Waals surface area contributed by atoms with Crippen LogP contribution >= 0.6 is 11.3 Å². The van der Waals surface area contributed by atoms with Gasteiger partial charge >= 0.3 is 0 Å². The summed E-state index contributed by atoms with van der Waals surface area (Å²) < 4.78 is 0. The van der Waals surface area contributed by atoms with Crippen molar-refractivity contribution in [1.29, 1.82) is 0 Å². The lowest BCUT2D eigenvalue weighted by Gasteiger charge is -1.99. The molecule has 0 aliphatic heterocycles. The summed E-state index contributed by atoms with van der Waals surface area (Å²) in [6, 6.07) is 1.93. The Hall–Kier alpha value is -1.03. The summed E-state index contributed by atoms with van der Waals surface area (Å²) >= 11 is 1.54. The van der Waals surface area contributed by atoms with E-state index in [1.165, 1.54) is 35.5 Å². The van der Waals surface area contributed by atoms with E-state index in [1.54, 1.807) is 0 Å². The Balaban J connectivity index is 2.62. The van der Waals surface area contributed by atoms with Gasteiger partial charge in [0.1, 0.15) is 0 Å². The van der Waals surface area contributed by atoms with E-state index in [1.807, 2.05) is 13.0 Å². The molecule has 4 heteroatoms. The summed E-state index contributed by atoms with van der Waals surface area (Å²) in [6.07, 6.45) is 4.64. The van der Waals surface area contributed by atoms with E-state index in [2.05, 4.69) is 12.2 Å². The van der Waals surface area contributed by atoms with Crippen LogP contribution in [0.4, 0.5) is 5.00 Å². The number of unbranched alkanes of at least 4 members (excludes halogenated alkanes) is 2. The number of carbonyl (C=O) groups excluding carboxylic acids is 1. The molecule has 0 unspecified atom stereocenters. The molecule has 0 spiro atoms. The van der Waals surface area contributed by atoms with Gasteiger partial charge in [0.25, 0.3) is 5.91 Å². The van der Waals surface area contributed by atoms with E-state index in [0.717, 1.165) is 6.42 Å². The molecule has 0 aromatic carbocycles. The Morgan fingerprint density at radius 1 is 1.44 bits per heavy atom. The van der Waals surface area contributed by atoms with Crippen molar-refractivity contribution in [2.75, 3.05) is 12.3 Å². The zero-order valence-corrected chi connectivity index (χ0v) is 10.8. The van der Waals surface area contributed by atoms with Crippen LogP contribution in [0.5, 0.6) is 0 Å². The molecule has 0 bridgehead atoms. The van der Waals surface area contributed by atoms with Crippen molar-refractivity contribution in [3.05, 3.63) is 16.5 Å². The fourth-order valence-corrected chi connectivity index (χ4v) is 2.53. The number of thiophene rings is 1.